The lowest BCUT2D eigenvalue weighted by molar-refractivity contribution is 0.217. The molecule has 0 heterocycles. The molecular formula is C15H24N2O. The van der Waals surface area contributed by atoms with Crippen LogP contribution in [0.15, 0.2) is 18.2 Å². The van der Waals surface area contributed by atoms with Crippen molar-refractivity contribution in [3.05, 3.63) is 29.3 Å². The third-order valence-electron chi connectivity index (χ3n) is 3.21. The SMILES string of the molecule is CCN(CC)C(=O)Nc1c(C)cccc1C(C)C. The van der Waals surface area contributed by atoms with Crippen LogP contribution in [0, 0.1) is 6.92 Å². The number of carbonyl (C=O) groups is 1. The summed E-state index contributed by atoms with van der Waals surface area (Å²) in [6, 6.07) is 6.13. The number of benzene rings is 1. The Labute approximate surface area is 110 Å². The summed E-state index contributed by atoms with van der Waals surface area (Å²) in [6.45, 7) is 11.7. The largest absolute Gasteiger partial charge is 0.325 e. The van der Waals surface area contributed by atoms with Crippen LogP contribution in [0.3, 0.4) is 0 Å². The molecule has 0 saturated carbocycles. The minimum atomic E-state index is -0.0174. The number of aryl methyl sites for hydroxylation is 1. The van der Waals surface area contributed by atoms with Gasteiger partial charge in [-0.3, -0.25) is 0 Å². The molecule has 0 atom stereocenters. The normalized spacial score (nSPS) is 10.6. The van der Waals surface area contributed by atoms with Crippen LogP contribution in [0.4, 0.5) is 10.5 Å². The molecular weight excluding hydrogens is 224 g/mol. The summed E-state index contributed by atoms with van der Waals surface area (Å²) in [6.07, 6.45) is 0. The molecule has 100 valence electrons. The van der Waals surface area contributed by atoms with Gasteiger partial charge in [0.15, 0.2) is 0 Å². The van der Waals surface area contributed by atoms with Gasteiger partial charge in [-0.05, 0) is 37.8 Å². The molecule has 0 saturated heterocycles. The smallest absolute Gasteiger partial charge is 0.321 e. The van der Waals surface area contributed by atoms with E-state index in [1.165, 1.54) is 5.56 Å². The Bertz CT molecular complexity index is 409. The van der Waals surface area contributed by atoms with Gasteiger partial charge < -0.3 is 10.2 Å². The molecule has 0 unspecified atom stereocenters. The summed E-state index contributed by atoms with van der Waals surface area (Å²) in [4.78, 5) is 13.9. The number of amides is 2. The molecule has 18 heavy (non-hydrogen) atoms. The van der Waals surface area contributed by atoms with Crippen LogP contribution < -0.4 is 5.32 Å². The van der Waals surface area contributed by atoms with E-state index in [-0.39, 0.29) is 6.03 Å². The standard InChI is InChI=1S/C15H24N2O/c1-6-17(7-2)15(18)16-14-12(5)9-8-10-13(14)11(3)4/h8-11H,6-7H2,1-5H3,(H,16,18). The molecule has 0 aliphatic heterocycles. The van der Waals surface area contributed by atoms with Crippen LogP contribution in [-0.2, 0) is 0 Å². The first-order chi connectivity index (χ1) is 8.51. The van der Waals surface area contributed by atoms with Crippen LogP contribution in [0.5, 0.6) is 0 Å². The van der Waals surface area contributed by atoms with Gasteiger partial charge >= 0.3 is 6.03 Å². The molecule has 2 amide bonds. The van der Waals surface area contributed by atoms with Crippen molar-refractivity contribution in [3.63, 3.8) is 0 Å². The van der Waals surface area contributed by atoms with Crippen LogP contribution >= 0.6 is 0 Å². The van der Waals surface area contributed by atoms with Gasteiger partial charge in [0.05, 0.1) is 0 Å². The molecule has 1 aromatic carbocycles. The summed E-state index contributed by atoms with van der Waals surface area (Å²) in [5.74, 6) is 0.400. The maximum absolute atomic E-state index is 12.1. The Morgan fingerprint density at radius 2 is 1.89 bits per heavy atom. The number of rotatable bonds is 4. The topological polar surface area (TPSA) is 32.3 Å². The molecule has 0 bridgehead atoms. The van der Waals surface area contributed by atoms with E-state index in [1.807, 2.05) is 32.9 Å². The van der Waals surface area contributed by atoms with Gasteiger partial charge in [-0.25, -0.2) is 4.79 Å². The van der Waals surface area contributed by atoms with Gasteiger partial charge in [0.25, 0.3) is 0 Å². The molecule has 3 nitrogen and oxygen atoms in total. The lowest BCUT2D eigenvalue weighted by atomic mass is 9.98. The molecule has 0 aliphatic carbocycles. The highest BCUT2D eigenvalue weighted by molar-refractivity contribution is 5.91. The maximum Gasteiger partial charge on any atom is 0.321 e. The fraction of sp³-hybridized carbons (Fsp3) is 0.533. The third-order valence-corrected chi connectivity index (χ3v) is 3.21. The molecule has 0 fully saturated rings. The fourth-order valence-corrected chi connectivity index (χ4v) is 2.04. The van der Waals surface area contributed by atoms with Gasteiger partial charge in [0.1, 0.15) is 0 Å². The van der Waals surface area contributed by atoms with Gasteiger partial charge in [0, 0.05) is 18.8 Å². The minimum absolute atomic E-state index is 0.0174. The van der Waals surface area contributed by atoms with E-state index in [0.29, 0.717) is 5.92 Å². The number of nitrogens with zero attached hydrogens (tertiary/aromatic N) is 1. The first kappa shape index (κ1) is 14.6. The molecule has 1 rings (SSSR count). The lowest BCUT2D eigenvalue weighted by Gasteiger charge is -2.22. The van der Waals surface area contributed by atoms with E-state index in [9.17, 15) is 4.79 Å². The molecule has 0 radical (unpaired) electrons. The van der Waals surface area contributed by atoms with E-state index in [4.69, 9.17) is 0 Å². The Hall–Kier alpha value is -1.51. The van der Waals surface area contributed by atoms with Crippen molar-refractivity contribution >= 4 is 11.7 Å². The quantitative estimate of drug-likeness (QED) is 0.858. The van der Waals surface area contributed by atoms with Gasteiger partial charge in [0.2, 0.25) is 0 Å². The van der Waals surface area contributed by atoms with Crippen molar-refractivity contribution in [3.8, 4) is 0 Å². The second-order valence-electron chi connectivity index (χ2n) is 4.80. The molecule has 0 spiro atoms. The van der Waals surface area contributed by atoms with E-state index >= 15 is 0 Å². The predicted octanol–water partition coefficient (Wildman–Crippen LogP) is 3.99. The second kappa shape index (κ2) is 6.43. The van der Waals surface area contributed by atoms with Crippen molar-refractivity contribution in [2.75, 3.05) is 18.4 Å². The number of carbonyl (C=O) groups excluding carboxylic acids is 1. The highest BCUT2D eigenvalue weighted by Crippen LogP contribution is 2.27. The molecule has 1 aromatic rings. The van der Waals surface area contributed by atoms with E-state index in [0.717, 1.165) is 24.3 Å². The summed E-state index contributed by atoms with van der Waals surface area (Å²) in [5.41, 5.74) is 3.27. The number of urea groups is 1. The van der Waals surface area contributed by atoms with Gasteiger partial charge in [-0.1, -0.05) is 32.0 Å². The Balaban J connectivity index is 2.99. The van der Waals surface area contributed by atoms with Crippen molar-refractivity contribution in [1.82, 2.24) is 4.90 Å². The number of hydrogen-bond acceptors (Lipinski definition) is 1. The van der Waals surface area contributed by atoms with Crippen LogP contribution in [-0.4, -0.2) is 24.0 Å². The lowest BCUT2D eigenvalue weighted by Crippen LogP contribution is -2.35. The Kier molecular flexibility index (Phi) is 5.20. The zero-order valence-corrected chi connectivity index (χ0v) is 12.1. The second-order valence-corrected chi connectivity index (χ2v) is 4.80. The van der Waals surface area contributed by atoms with E-state index in [1.54, 1.807) is 4.90 Å². The third kappa shape index (κ3) is 3.25. The highest BCUT2D eigenvalue weighted by Gasteiger charge is 2.14. The minimum Gasteiger partial charge on any atom is -0.325 e. The van der Waals surface area contributed by atoms with Crippen LogP contribution in [0.1, 0.15) is 44.7 Å². The Morgan fingerprint density at radius 3 is 2.39 bits per heavy atom. The predicted molar refractivity (Wildman–Crippen MR) is 77.2 cm³/mol. The average Bonchev–Trinajstić information content (AvgIpc) is 2.33. The first-order valence-electron chi connectivity index (χ1n) is 6.66. The van der Waals surface area contributed by atoms with Crippen LogP contribution in [0.2, 0.25) is 0 Å². The highest BCUT2D eigenvalue weighted by atomic mass is 16.2. The first-order valence-corrected chi connectivity index (χ1v) is 6.66. The van der Waals surface area contributed by atoms with Gasteiger partial charge in [-0.15, -0.1) is 0 Å². The molecule has 0 aliphatic rings. The fourth-order valence-electron chi connectivity index (χ4n) is 2.04. The summed E-state index contributed by atoms with van der Waals surface area (Å²) in [5, 5.41) is 3.05. The molecule has 3 heteroatoms. The zero-order valence-electron chi connectivity index (χ0n) is 12.1. The summed E-state index contributed by atoms with van der Waals surface area (Å²) < 4.78 is 0. The molecule has 0 aromatic heterocycles. The van der Waals surface area contributed by atoms with Crippen molar-refractivity contribution in [2.45, 2.75) is 40.5 Å². The number of anilines is 1. The van der Waals surface area contributed by atoms with Gasteiger partial charge in [-0.2, -0.15) is 0 Å². The zero-order chi connectivity index (χ0) is 13.7. The maximum atomic E-state index is 12.1. The van der Waals surface area contributed by atoms with Crippen molar-refractivity contribution in [2.24, 2.45) is 0 Å². The van der Waals surface area contributed by atoms with Crippen LogP contribution in [0.25, 0.3) is 0 Å². The van der Waals surface area contributed by atoms with E-state index < -0.39 is 0 Å². The average molecular weight is 248 g/mol. The summed E-state index contributed by atoms with van der Waals surface area (Å²) in [7, 11) is 0. The Morgan fingerprint density at radius 1 is 1.28 bits per heavy atom. The molecule has 1 N–H and O–H groups in total. The van der Waals surface area contributed by atoms with Crippen molar-refractivity contribution < 1.29 is 4.79 Å². The monoisotopic (exact) mass is 248 g/mol. The summed E-state index contributed by atoms with van der Waals surface area (Å²) >= 11 is 0. The van der Waals surface area contributed by atoms with Crippen molar-refractivity contribution in [1.29, 1.82) is 0 Å². The van der Waals surface area contributed by atoms with E-state index in [2.05, 4.69) is 25.2 Å². The number of hydrogen-bond donors (Lipinski definition) is 1. The number of para-hydroxylation sites is 1. The number of nitrogens with one attached hydrogen (secondary N) is 1.